The Hall–Kier alpha value is -2.81. The van der Waals surface area contributed by atoms with Gasteiger partial charge in [0, 0.05) is 18.5 Å². The van der Waals surface area contributed by atoms with Crippen molar-refractivity contribution in [2.75, 3.05) is 7.11 Å². The first-order valence-electron chi connectivity index (χ1n) is 9.02. The molecule has 2 heterocycles. The number of aromatic nitrogens is 3. The highest BCUT2D eigenvalue weighted by atomic mass is 16.5. The van der Waals surface area contributed by atoms with Gasteiger partial charge in [0.2, 0.25) is 0 Å². The van der Waals surface area contributed by atoms with Crippen molar-refractivity contribution in [3.63, 3.8) is 0 Å². The molecule has 6 heteroatoms. The number of nitrogens with zero attached hydrogens (tertiary/aromatic N) is 4. The Morgan fingerprint density at radius 1 is 1.27 bits per heavy atom. The molecule has 136 valence electrons. The van der Waals surface area contributed by atoms with E-state index in [1.54, 1.807) is 7.11 Å². The molecule has 0 fully saturated rings. The molecule has 0 radical (unpaired) electrons. The quantitative estimate of drug-likeness (QED) is 0.764. The molecule has 1 aromatic heterocycles. The van der Waals surface area contributed by atoms with Crippen LogP contribution in [-0.4, -0.2) is 28.0 Å². The van der Waals surface area contributed by atoms with E-state index < -0.39 is 0 Å². The maximum atomic E-state index is 9.76. The summed E-state index contributed by atoms with van der Waals surface area (Å²) in [5, 5.41) is 18.3. The molecule has 1 aliphatic rings. The van der Waals surface area contributed by atoms with Gasteiger partial charge < -0.3 is 14.0 Å². The molecule has 0 saturated carbocycles. The van der Waals surface area contributed by atoms with Crippen LogP contribution in [0.4, 0.5) is 0 Å². The normalized spacial score (nSPS) is 14.5. The third kappa shape index (κ3) is 3.72. The summed E-state index contributed by atoms with van der Waals surface area (Å²) in [6.45, 7) is 4.78. The first-order valence-corrected chi connectivity index (χ1v) is 9.02. The standard InChI is InChI=1S/C20H24N4O2/c1-14(2)26-19-15(8-7-9-17(19)25-3)12-16(13-21)20-23-22-18-10-5-4-6-11-24(18)20/h7-9,12,14H,4-6,10-11H2,1-3H3/b16-12+. The number of aryl methyl sites for hydroxylation is 1. The summed E-state index contributed by atoms with van der Waals surface area (Å²) >= 11 is 0. The van der Waals surface area contributed by atoms with Crippen LogP contribution in [-0.2, 0) is 13.0 Å². The van der Waals surface area contributed by atoms with Crippen LogP contribution in [0, 0.1) is 11.3 Å². The minimum Gasteiger partial charge on any atom is -0.493 e. The van der Waals surface area contributed by atoms with Crippen LogP contribution in [0.3, 0.4) is 0 Å². The van der Waals surface area contributed by atoms with Gasteiger partial charge in [-0.3, -0.25) is 0 Å². The smallest absolute Gasteiger partial charge is 0.174 e. The summed E-state index contributed by atoms with van der Waals surface area (Å²) in [6, 6.07) is 7.93. The second kappa shape index (κ2) is 8.05. The van der Waals surface area contributed by atoms with E-state index in [4.69, 9.17) is 9.47 Å². The number of methoxy groups -OCH3 is 1. The third-order valence-corrected chi connectivity index (χ3v) is 4.35. The van der Waals surface area contributed by atoms with E-state index in [0.29, 0.717) is 22.9 Å². The number of para-hydroxylation sites is 1. The van der Waals surface area contributed by atoms with Crippen LogP contribution in [0.5, 0.6) is 11.5 Å². The zero-order valence-electron chi connectivity index (χ0n) is 15.5. The van der Waals surface area contributed by atoms with Crippen molar-refractivity contribution in [3.05, 3.63) is 35.4 Å². The summed E-state index contributed by atoms with van der Waals surface area (Å²) < 4.78 is 13.4. The Morgan fingerprint density at radius 2 is 2.12 bits per heavy atom. The van der Waals surface area contributed by atoms with Crippen molar-refractivity contribution in [1.82, 2.24) is 14.8 Å². The lowest BCUT2D eigenvalue weighted by Crippen LogP contribution is -2.08. The number of allylic oxidation sites excluding steroid dienone is 1. The molecule has 0 bridgehead atoms. The maximum Gasteiger partial charge on any atom is 0.174 e. The summed E-state index contributed by atoms with van der Waals surface area (Å²) in [6.07, 6.45) is 6.09. The predicted molar refractivity (Wildman–Crippen MR) is 99.8 cm³/mol. The molecule has 2 aromatic rings. The van der Waals surface area contributed by atoms with E-state index in [1.807, 2.05) is 38.1 Å². The van der Waals surface area contributed by atoms with Crippen LogP contribution in [0.25, 0.3) is 11.6 Å². The number of benzene rings is 1. The van der Waals surface area contributed by atoms with Crippen LogP contribution in [0.1, 0.15) is 50.3 Å². The fourth-order valence-electron chi connectivity index (χ4n) is 3.16. The fourth-order valence-corrected chi connectivity index (χ4v) is 3.16. The van der Waals surface area contributed by atoms with Crippen molar-refractivity contribution in [2.45, 2.75) is 52.2 Å². The Labute approximate surface area is 154 Å². The highest BCUT2D eigenvalue weighted by Crippen LogP contribution is 2.34. The Balaban J connectivity index is 2.06. The van der Waals surface area contributed by atoms with Gasteiger partial charge in [0.05, 0.1) is 18.8 Å². The van der Waals surface area contributed by atoms with Crippen molar-refractivity contribution in [3.8, 4) is 17.6 Å². The lowest BCUT2D eigenvalue weighted by Gasteiger charge is -2.16. The molecule has 26 heavy (non-hydrogen) atoms. The number of ether oxygens (including phenoxy) is 2. The summed E-state index contributed by atoms with van der Waals surface area (Å²) in [7, 11) is 1.61. The van der Waals surface area contributed by atoms with Gasteiger partial charge in [-0.25, -0.2) is 0 Å². The molecule has 0 amide bonds. The monoisotopic (exact) mass is 352 g/mol. The predicted octanol–water partition coefficient (Wildman–Crippen LogP) is 3.86. The molecule has 1 aliphatic heterocycles. The average molecular weight is 352 g/mol. The van der Waals surface area contributed by atoms with Gasteiger partial charge >= 0.3 is 0 Å². The molecule has 0 unspecified atom stereocenters. The van der Waals surface area contributed by atoms with Gasteiger partial charge in [-0.2, -0.15) is 5.26 Å². The van der Waals surface area contributed by atoms with Crippen molar-refractivity contribution < 1.29 is 9.47 Å². The molecular weight excluding hydrogens is 328 g/mol. The van der Waals surface area contributed by atoms with E-state index >= 15 is 0 Å². The second-order valence-corrected chi connectivity index (χ2v) is 6.62. The minimum atomic E-state index is -0.00616. The lowest BCUT2D eigenvalue weighted by atomic mass is 10.1. The van der Waals surface area contributed by atoms with Gasteiger partial charge in [-0.05, 0) is 38.8 Å². The maximum absolute atomic E-state index is 9.76. The zero-order chi connectivity index (χ0) is 18.5. The molecule has 6 nitrogen and oxygen atoms in total. The molecule has 0 atom stereocenters. The fraction of sp³-hybridized carbons (Fsp3) is 0.450. The topological polar surface area (TPSA) is 73.0 Å². The van der Waals surface area contributed by atoms with E-state index in [9.17, 15) is 5.26 Å². The zero-order valence-corrected chi connectivity index (χ0v) is 15.5. The van der Waals surface area contributed by atoms with Gasteiger partial charge in [-0.15, -0.1) is 10.2 Å². The Bertz CT molecular complexity index is 846. The van der Waals surface area contributed by atoms with Gasteiger partial charge in [0.15, 0.2) is 17.3 Å². The number of hydrogen-bond donors (Lipinski definition) is 0. The Morgan fingerprint density at radius 3 is 2.85 bits per heavy atom. The van der Waals surface area contributed by atoms with E-state index in [1.165, 1.54) is 6.42 Å². The summed E-state index contributed by atoms with van der Waals surface area (Å²) in [5.74, 6) is 2.86. The first-order chi connectivity index (χ1) is 12.6. The highest BCUT2D eigenvalue weighted by Gasteiger charge is 2.19. The van der Waals surface area contributed by atoms with Crippen LogP contribution >= 0.6 is 0 Å². The van der Waals surface area contributed by atoms with Crippen molar-refractivity contribution in [2.24, 2.45) is 0 Å². The van der Waals surface area contributed by atoms with Gasteiger partial charge in [0.25, 0.3) is 0 Å². The van der Waals surface area contributed by atoms with E-state index in [-0.39, 0.29) is 6.10 Å². The molecule has 3 rings (SSSR count). The van der Waals surface area contributed by atoms with E-state index in [2.05, 4.69) is 20.8 Å². The van der Waals surface area contributed by atoms with Crippen LogP contribution in [0.15, 0.2) is 18.2 Å². The molecule has 1 aromatic carbocycles. The minimum absolute atomic E-state index is 0.00616. The SMILES string of the molecule is COc1cccc(/C=C(\C#N)c2nnc3n2CCCCC3)c1OC(C)C. The molecular formula is C20H24N4O2. The number of rotatable bonds is 5. The largest absolute Gasteiger partial charge is 0.493 e. The molecule has 0 saturated heterocycles. The first kappa shape index (κ1) is 18.0. The summed E-state index contributed by atoms with van der Waals surface area (Å²) in [4.78, 5) is 0. The van der Waals surface area contributed by atoms with E-state index in [0.717, 1.165) is 37.2 Å². The number of nitriles is 1. The summed E-state index contributed by atoms with van der Waals surface area (Å²) in [5.41, 5.74) is 1.27. The molecule has 0 spiro atoms. The Kier molecular flexibility index (Phi) is 5.57. The average Bonchev–Trinajstić information content (AvgIpc) is 2.88. The highest BCUT2D eigenvalue weighted by molar-refractivity contribution is 5.89. The van der Waals surface area contributed by atoms with Crippen LogP contribution < -0.4 is 9.47 Å². The second-order valence-electron chi connectivity index (χ2n) is 6.62. The van der Waals surface area contributed by atoms with Crippen molar-refractivity contribution >= 4 is 11.6 Å². The van der Waals surface area contributed by atoms with Gasteiger partial charge in [-0.1, -0.05) is 18.6 Å². The lowest BCUT2D eigenvalue weighted by molar-refractivity contribution is 0.229. The molecule has 0 aliphatic carbocycles. The van der Waals surface area contributed by atoms with Gasteiger partial charge in [0.1, 0.15) is 11.9 Å². The number of fused-ring (bicyclic) bond motifs is 1. The van der Waals surface area contributed by atoms with Crippen LogP contribution in [0.2, 0.25) is 0 Å². The molecule has 0 N–H and O–H groups in total. The number of hydrogen-bond acceptors (Lipinski definition) is 5. The van der Waals surface area contributed by atoms with Crippen molar-refractivity contribution in [1.29, 1.82) is 5.26 Å². The third-order valence-electron chi connectivity index (χ3n) is 4.35.